The lowest BCUT2D eigenvalue weighted by molar-refractivity contribution is -0.141. The molecule has 1 saturated carbocycles. The molecule has 1 atom stereocenters. The van der Waals surface area contributed by atoms with Crippen LogP contribution in [0.3, 0.4) is 0 Å². The Morgan fingerprint density at radius 3 is 2.58 bits per heavy atom. The van der Waals surface area contributed by atoms with Crippen molar-refractivity contribution in [3.05, 3.63) is 30.1 Å². The largest absolute Gasteiger partial charge is 0.393 e. The molecule has 5 nitrogen and oxygen atoms in total. The highest BCUT2D eigenvalue weighted by Crippen LogP contribution is 2.43. The van der Waals surface area contributed by atoms with Crippen molar-refractivity contribution in [2.75, 3.05) is 24.5 Å². The maximum Gasteiger partial charge on any atom is 0.227 e. The van der Waals surface area contributed by atoms with Crippen LogP contribution >= 0.6 is 0 Å². The van der Waals surface area contributed by atoms with Gasteiger partial charge in [-0.3, -0.25) is 9.59 Å². The number of hydrogen-bond acceptors (Lipinski definition) is 3. The van der Waals surface area contributed by atoms with Gasteiger partial charge < -0.3 is 14.9 Å². The molecule has 0 aromatic heterocycles. The van der Waals surface area contributed by atoms with Crippen LogP contribution in [0.2, 0.25) is 0 Å². The van der Waals surface area contributed by atoms with E-state index >= 15 is 0 Å². The summed E-state index contributed by atoms with van der Waals surface area (Å²) in [5.74, 6) is -0.222. The fourth-order valence-electron chi connectivity index (χ4n) is 4.20. The molecule has 1 aromatic carbocycles. The van der Waals surface area contributed by atoms with Crippen LogP contribution in [0.25, 0.3) is 0 Å². The van der Waals surface area contributed by atoms with Crippen LogP contribution in [0, 0.1) is 17.2 Å². The SMILES string of the molecule is O=C(C1CC(O)C1)N1CCC2(CC(=O)N(c3ccc(F)cc3)C2)C1. The van der Waals surface area contributed by atoms with Gasteiger partial charge in [0.1, 0.15) is 5.82 Å². The molecule has 0 bridgehead atoms. The van der Waals surface area contributed by atoms with Crippen LogP contribution in [-0.4, -0.2) is 47.6 Å². The number of likely N-dealkylation sites (tertiary alicyclic amines) is 1. The molecule has 1 spiro atoms. The molecular weight excluding hydrogens is 311 g/mol. The van der Waals surface area contributed by atoms with Crippen LogP contribution in [0.15, 0.2) is 24.3 Å². The number of aliphatic hydroxyl groups is 1. The topological polar surface area (TPSA) is 60.9 Å². The zero-order valence-corrected chi connectivity index (χ0v) is 13.4. The third-order valence-electron chi connectivity index (χ3n) is 5.67. The quantitative estimate of drug-likeness (QED) is 0.894. The predicted molar refractivity (Wildman–Crippen MR) is 85.7 cm³/mol. The summed E-state index contributed by atoms with van der Waals surface area (Å²) in [6.07, 6.45) is 2.03. The number of aliphatic hydroxyl groups excluding tert-OH is 1. The number of halogens is 1. The van der Waals surface area contributed by atoms with Gasteiger partial charge in [0.15, 0.2) is 0 Å². The number of rotatable bonds is 2. The Balaban J connectivity index is 1.44. The molecule has 6 heteroatoms. The highest BCUT2D eigenvalue weighted by Gasteiger charge is 2.50. The Kier molecular flexibility index (Phi) is 3.60. The molecule has 2 heterocycles. The van der Waals surface area contributed by atoms with Crippen molar-refractivity contribution < 1.29 is 19.1 Å². The van der Waals surface area contributed by atoms with Crippen LogP contribution in [-0.2, 0) is 9.59 Å². The second kappa shape index (κ2) is 5.55. The molecule has 1 aliphatic carbocycles. The second-order valence-corrected chi connectivity index (χ2v) is 7.47. The Bertz CT molecular complexity index is 671. The summed E-state index contributed by atoms with van der Waals surface area (Å²) in [6, 6.07) is 5.97. The van der Waals surface area contributed by atoms with Crippen LogP contribution in [0.5, 0.6) is 0 Å². The van der Waals surface area contributed by atoms with Gasteiger partial charge in [0.2, 0.25) is 11.8 Å². The summed E-state index contributed by atoms with van der Waals surface area (Å²) in [7, 11) is 0. The third kappa shape index (κ3) is 2.59. The van der Waals surface area contributed by atoms with Crippen molar-refractivity contribution in [1.82, 2.24) is 4.90 Å². The predicted octanol–water partition coefficient (Wildman–Crippen LogP) is 1.55. The minimum absolute atomic E-state index is 0.0370. The number of carbonyl (C=O) groups excluding carboxylic acids is 2. The molecule has 2 amide bonds. The molecule has 2 saturated heterocycles. The Morgan fingerprint density at radius 1 is 1.21 bits per heavy atom. The van der Waals surface area contributed by atoms with Gasteiger partial charge in [-0.2, -0.15) is 0 Å². The number of benzene rings is 1. The number of carbonyl (C=O) groups is 2. The standard InChI is InChI=1S/C18H21FN2O3/c19-13-1-3-14(4-2-13)21-11-18(9-16(21)23)5-6-20(10-18)17(24)12-7-15(22)8-12/h1-4,12,15,22H,5-11H2. The van der Waals surface area contributed by atoms with Crippen molar-refractivity contribution in [1.29, 1.82) is 0 Å². The summed E-state index contributed by atoms with van der Waals surface area (Å²) in [5, 5.41) is 9.38. The Morgan fingerprint density at radius 2 is 1.92 bits per heavy atom. The molecule has 24 heavy (non-hydrogen) atoms. The van der Waals surface area contributed by atoms with Crippen molar-refractivity contribution in [2.24, 2.45) is 11.3 Å². The van der Waals surface area contributed by atoms with Crippen LogP contribution < -0.4 is 4.90 Å². The fraction of sp³-hybridized carbons (Fsp3) is 0.556. The number of anilines is 1. The first-order valence-electron chi connectivity index (χ1n) is 8.49. The Hall–Kier alpha value is -1.95. The average molecular weight is 332 g/mol. The van der Waals surface area contributed by atoms with E-state index in [0.717, 1.165) is 6.42 Å². The van der Waals surface area contributed by atoms with Gasteiger partial charge in [-0.15, -0.1) is 0 Å². The molecule has 2 aliphatic heterocycles. The first-order chi connectivity index (χ1) is 11.5. The van der Waals surface area contributed by atoms with E-state index in [0.29, 0.717) is 44.6 Å². The lowest BCUT2D eigenvalue weighted by atomic mass is 9.81. The van der Waals surface area contributed by atoms with Gasteiger partial charge in [-0.25, -0.2) is 4.39 Å². The summed E-state index contributed by atoms with van der Waals surface area (Å²) in [4.78, 5) is 28.5. The first kappa shape index (κ1) is 15.6. The summed E-state index contributed by atoms with van der Waals surface area (Å²) in [6.45, 7) is 1.85. The van der Waals surface area contributed by atoms with E-state index in [9.17, 15) is 19.1 Å². The van der Waals surface area contributed by atoms with E-state index in [4.69, 9.17) is 0 Å². The van der Waals surface area contributed by atoms with Crippen molar-refractivity contribution in [3.63, 3.8) is 0 Å². The lowest BCUT2D eigenvalue weighted by Crippen LogP contribution is -2.43. The van der Waals surface area contributed by atoms with Crippen LogP contribution in [0.1, 0.15) is 25.7 Å². The molecule has 1 unspecified atom stereocenters. The van der Waals surface area contributed by atoms with E-state index in [1.54, 1.807) is 17.0 Å². The zero-order chi connectivity index (χ0) is 16.9. The molecular formula is C18H21FN2O3. The third-order valence-corrected chi connectivity index (χ3v) is 5.67. The van der Waals surface area contributed by atoms with E-state index < -0.39 is 0 Å². The van der Waals surface area contributed by atoms with Crippen molar-refractivity contribution in [2.45, 2.75) is 31.8 Å². The van der Waals surface area contributed by atoms with E-state index in [2.05, 4.69) is 0 Å². The molecule has 128 valence electrons. The maximum absolute atomic E-state index is 13.1. The number of amides is 2. The zero-order valence-electron chi connectivity index (χ0n) is 13.4. The average Bonchev–Trinajstić information content (AvgIpc) is 3.08. The summed E-state index contributed by atoms with van der Waals surface area (Å²) < 4.78 is 13.1. The van der Waals surface area contributed by atoms with Gasteiger partial charge in [0.05, 0.1) is 6.10 Å². The summed E-state index contributed by atoms with van der Waals surface area (Å²) >= 11 is 0. The Labute approximate surface area is 140 Å². The van der Waals surface area contributed by atoms with Gasteiger partial charge in [0, 0.05) is 43.1 Å². The van der Waals surface area contributed by atoms with E-state index in [1.165, 1.54) is 12.1 Å². The normalized spacial score (nSPS) is 32.5. The smallest absolute Gasteiger partial charge is 0.227 e. The van der Waals surface area contributed by atoms with E-state index in [-0.39, 0.29) is 35.1 Å². The molecule has 1 aromatic rings. The lowest BCUT2D eigenvalue weighted by Gasteiger charge is -2.34. The van der Waals surface area contributed by atoms with Gasteiger partial charge in [-0.1, -0.05) is 0 Å². The number of hydrogen-bond donors (Lipinski definition) is 1. The fourth-order valence-corrected chi connectivity index (χ4v) is 4.20. The second-order valence-electron chi connectivity index (χ2n) is 7.47. The monoisotopic (exact) mass is 332 g/mol. The van der Waals surface area contributed by atoms with Crippen molar-refractivity contribution >= 4 is 17.5 Å². The molecule has 0 radical (unpaired) electrons. The van der Waals surface area contributed by atoms with Crippen LogP contribution in [0.4, 0.5) is 10.1 Å². The first-order valence-corrected chi connectivity index (χ1v) is 8.49. The minimum atomic E-state index is -0.336. The van der Waals surface area contributed by atoms with Crippen molar-refractivity contribution in [3.8, 4) is 0 Å². The van der Waals surface area contributed by atoms with E-state index in [1.807, 2.05) is 4.90 Å². The minimum Gasteiger partial charge on any atom is -0.393 e. The molecule has 3 fully saturated rings. The van der Waals surface area contributed by atoms with Gasteiger partial charge in [-0.05, 0) is 43.5 Å². The number of nitrogens with zero attached hydrogens (tertiary/aromatic N) is 2. The highest BCUT2D eigenvalue weighted by molar-refractivity contribution is 5.96. The molecule has 1 N–H and O–H groups in total. The molecule has 4 rings (SSSR count). The van der Waals surface area contributed by atoms with Gasteiger partial charge in [0.25, 0.3) is 0 Å². The maximum atomic E-state index is 13.1. The highest BCUT2D eigenvalue weighted by atomic mass is 19.1. The van der Waals surface area contributed by atoms with Gasteiger partial charge >= 0.3 is 0 Å². The molecule has 3 aliphatic rings. The summed E-state index contributed by atoms with van der Waals surface area (Å²) in [5.41, 5.74) is 0.522.